The third-order valence-corrected chi connectivity index (χ3v) is 4.71. The summed E-state index contributed by atoms with van der Waals surface area (Å²) >= 11 is 9.05. The van der Waals surface area contributed by atoms with Crippen LogP contribution >= 0.6 is 28.1 Å². The summed E-state index contributed by atoms with van der Waals surface area (Å²) in [7, 11) is 0. The number of hydrogen-bond acceptors (Lipinski definition) is 2. The molecule has 6 heteroatoms. The van der Waals surface area contributed by atoms with E-state index in [9.17, 15) is 4.79 Å². The van der Waals surface area contributed by atoms with E-state index < -0.39 is 5.91 Å². The Hall–Kier alpha value is -2.18. The number of benzene rings is 2. The molecule has 0 fully saturated rings. The second-order valence-corrected chi connectivity index (χ2v) is 6.80. The lowest BCUT2D eigenvalue weighted by Crippen LogP contribution is -2.49. The van der Waals surface area contributed by atoms with Crippen molar-refractivity contribution in [3.8, 4) is 0 Å². The molecule has 4 nitrogen and oxygen atoms in total. The fourth-order valence-corrected chi connectivity index (χ4v) is 3.69. The number of rotatable bonds is 3. The Morgan fingerprint density at radius 1 is 1.21 bits per heavy atom. The van der Waals surface area contributed by atoms with Gasteiger partial charge in [0.1, 0.15) is 0 Å². The van der Waals surface area contributed by atoms with E-state index in [1.165, 1.54) is 0 Å². The average molecular weight is 402 g/mol. The fraction of sp³-hybridized carbons (Fsp3) is 0.111. The van der Waals surface area contributed by atoms with Crippen LogP contribution in [0.1, 0.15) is 18.5 Å². The molecule has 24 heavy (non-hydrogen) atoms. The quantitative estimate of drug-likeness (QED) is 0.770. The molecule has 2 aromatic rings. The lowest BCUT2D eigenvalue weighted by Gasteiger charge is -2.39. The zero-order valence-electron chi connectivity index (χ0n) is 13.0. The summed E-state index contributed by atoms with van der Waals surface area (Å²) in [5.41, 5.74) is 8.71. The van der Waals surface area contributed by atoms with E-state index in [2.05, 4.69) is 21.2 Å². The molecule has 0 aromatic heterocycles. The molecule has 1 amide bonds. The van der Waals surface area contributed by atoms with Crippen LogP contribution in [0.25, 0.3) is 0 Å². The minimum Gasteiger partial charge on any atom is -0.366 e. The Morgan fingerprint density at radius 3 is 2.54 bits per heavy atom. The molecule has 0 bridgehead atoms. The second-order valence-electron chi connectivity index (χ2n) is 5.50. The van der Waals surface area contributed by atoms with Gasteiger partial charge in [-0.2, -0.15) is 0 Å². The summed E-state index contributed by atoms with van der Waals surface area (Å²) in [6.45, 7) is 1.82. The Bertz CT molecular complexity index is 835. The number of halogens is 1. The third-order valence-electron chi connectivity index (χ3n) is 3.91. The van der Waals surface area contributed by atoms with Crippen LogP contribution in [0.2, 0.25) is 0 Å². The molecule has 1 atom stereocenters. The minimum atomic E-state index is -0.464. The number of anilines is 1. The van der Waals surface area contributed by atoms with Gasteiger partial charge in [0.15, 0.2) is 5.11 Å². The van der Waals surface area contributed by atoms with Crippen molar-refractivity contribution in [3.05, 3.63) is 75.9 Å². The zero-order chi connectivity index (χ0) is 17.3. The predicted molar refractivity (Wildman–Crippen MR) is 103 cm³/mol. The highest BCUT2D eigenvalue weighted by molar-refractivity contribution is 9.10. The number of nitrogens with one attached hydrogen (secondary N) is 1. The number of thiocarbonyl (C=S) groups is 1. The van der Waals surface area contributed by atoms with E-state index in [1.807, 2.05) is 66.4 Å². The van der Waals surface area contributed by atoms with Gasteiger partial charge in [-0.15, -0.1) is 0 Å². The number of nitrogens with zero attached hydrogens (tertiary/aromatic N) is 1. The van der Waals surface area contributed by atoms with Gasteiger partial charge in [0.25, 0.3) is 0 Å². The lowest BCUT2D eigenvalue weighted by molar-refractivity contribution is -0.114. The number of para-hydroxylation sites is 1. The van der Waals surface area contributed by atoms with Crippen molar-refractivity contribution >= 4 is 44.9 Å². The highest BCUT2D eigenvalue weighted by Crippen LogP contribution is 2.37. The van der Waals surface area contributed by atoms with Crippen molar-refractivity contribution in [3.63, 3.8) is 0 Å². The van der Waals surface area contributed by atoms with Crippen LogP contribution in [0, 0.1) is 0 Å². The number of hydrogen-bond donors (Lipinski definition) is 2. The van der Waals surface area contributed by atoms with E-state index in [0.29, 0.717) is 16.4 Å². The first-order valence-electron chi connectivity index (χ1n) is 7.40. The number of primary amides is 1. The fourth-order valence-electron chi connectivity index (χ4n) is 2.91. The Kier molecular flexibility index (Phi) is 4.69. The molecule has 0 saturated heterocycles. The predicted octanol–water partition coefficient (Wildman–Crippen LogP) is 3.64. The summed E-state index contributed by atoms with van der Waals surface area (Å²) < 4.78 is 0.930. The molecule has 0 radical (unpaired) electrons. The molecule has 1 aliphatic heterocycles. The smallest absolute Gasteiger partial charge is 0.248 e. The van der Waals surface area contributed by atoms with Crippen LogP contribution < -0.4 is 16.0 Å². The molecule has 122 valence electrons. The van der Waals surface area contributed by atoms with Crippen LogP contribution in [0.5, 0.6) is 0 Å². The summed E-state index contributed by atoms with van der Waals surface area (Å²) in [5.74, 6) is -0.464. The highest BCUT2D eigenvalue weighted by Gasteiger charge is 2.35. The maximum Gasteiger partial charge on any atom is 0.248 e. The Labute approximate surface area is 154 Å². The van der Waals surface area contributed by atoms with Crippen molar-refractivity contribution in [1.29, 1.82) is 0 Å². The van der Waals surface area contributed by atoms with Crippen molar-refractivity contribution in [2.24, 2.45) is 5.73 Å². The van der Waals surface area contributed by atoms with Gasteiger partial charge in [-0.1, -0.05) is 46.3 Å². The summed E-state index contributed by atoms with van der Waals surface area (Å²) in [6, 6.07) is 17.2. The molecule has 1 unspecified atom stereocenters. The normalized spacial score (nSPS) is 17.7. The molecule has 0 saturated carbocycles. The number of carbonyl (C=O) groups is 1. The van der Waals surface area contributed by atoms with Crippen molar-refractivity contribution in [2.75, 3.05) is 4.90 Å². The average Bonchev–Trinajstić information content (AvgIpc) is 2.54. The number of amides is 1. The van der Waals surface area contributed by atoms with Crippen molar-refractivity contribution in [2.45, 2.75) is 13.0 Å². The van der Waals surface area contributed by atoms with E-state index >= 15 is 0 Å². The first kappa shape index (κ1) is 16.7. The Morgan fingerprint density at radius 2 is 1.92 bits per heavy atom. The second kappa shape index (κ2) is 6.75. The molecule has 3 rings (SSSR count). The highest BCUT2D eigenvalue weighted by atomic mass is 79.9. The van der Waals surface area contributed by atoms with Crippen molar-refractivity contribution in [1.82, 2.24) is 5.32 Å². The zero-order valence-corrected chi connectivity index (χ0v) is 15.4. The summed E-state index contributed by atoms with van der Waals surface area (Å²) in [4.78, 5) is 14.1. The van der Waals surface area contributed by atoms with E-state index in [1.54, 1.807) is 0 Å². The number of carbonyl (C=O) groups excluding carboxylic acids is 1. The third kappa shape index (κ3) is 3.07. The van der Waals surface area contributed by atoms with Gasteiger partial charge in [0, 0.05) is 15.9 Å². The first-order valence-corrected chi connectivity index (χ1v) is 8.60. The van der Waals surface area contributed by atoms with Gasteiger partial charge in [-0.25, -0.2) is 0 Å². The standard InChI is InChI=1S/C18H16BrN3OS/c1-11-15(17(20)23)16(12-6-5-7-13(19)10-12)22(18(24)21-11)14-8-3-2-4-9-14/h2-10,16H,1H3,(H2,20,23)(H,21,24). The number of allylic oxidation sites excluding steroid dienone is 1. The molecule has 1 heterocycles. The van der Waals surface area contributed by atoms with Crippen LogP contribution in [-0.2, 0) is 4.79 Å². The molecule has 0 spiro atoms. The van der Waals surface area contributed by atoms with E-state index in [0.717, 1.165) is 15.7 Å². The summed E-state index contributed by atoms with van der Waals surface area (Å²) in [5, 5.41) is 3.63. The van der Waals surface area contributed by atoms with Crippen LogP contribution in [0.4, 0.5) is 5.69 Å². The van der Waals surface area contributed by atoms with Gasteiger partial charge < -0.3 is 16.0 Å². The molecule has 1 aliphatic rings. The summed E-state index contributed by atoms with van der Waals surface area (Å²) in [6.07, 6.45) is 0. The van der Waals surface area contributed by atoms with Gasteiger partial charge in [0.2, 0.25) is 5.91 Å². The molecule has 2 aromatic carbocycles. The molecule has 0 aliphatic carbocycles. The topological polar surface area (TPSA) is 58.4 Å². The van der Waals surface area contributed by atoms with Crippen LogP contribution in [0.15, 0.2) is 70.3 Å². The van der Waals surface area contributed by atoms with Crippen LogP contribution in [0.3, 0.4) is 0 Å². The lowest BCUT2D eigenvalue weighted by atomic mass is 9.93. The van der Waals surface area contributed by atoms with Gasteiger partial charge in [-0.05, 0) is 49.0 Å². The van der Waals surface area contributed by atoms with E-state index in [4.69, 9.17) is 18.0 Å². The molecular weight excluding hydrogens is 386 g/mol. The number of nitrogens with two attached hydrogens (primary N) is 1. The maximum absolute atomic E-state index is 12.2. The van der Waals surface area contributed by atoms with E-state index in [-0.39, 0.29) is 6.04 Å². The maximum atomic E-state index is 12.2. The van der Waals surface area contributed by atoms with Gasteiger partial charge >= 0.3 is 0 Å². The monoisotopic (exact) mass is 401 g/mol. The van der Waals surface area contributed by atoms with Gasteiger partial charge in [-0.3, -0.25) is 4.79 Å². The van der Waals surface area contributed by atoms with Crippen LogP contribution in [-0.4, -0.2) is 11.0 Å². The SMILES string of the molecule is CC1=C(C(N)=O)C(c2cccc(Br)c2)N(c2ccccc2)C(=S)N1. The largest absolute Gasteiger partial charge is 0.366 e. The van der Waals surface area contributed by atoms with Crippen molar-refractivity contribution < 1.29 is 4.79 Å². The van der Waals surface area contributed by atoms with Gasteiger partial charge in [0.05, 0.1) is 11.6 Å². The Balaban J connectivity index is 2.23. The molecule has 3 N–H and O–H groups in total. The first-order chi connectivity index (χ1) is 11.5. The molecular formula is C18H16BrN3OS. The minimum absolute atomic E-state index is 0.379.